The summed E-state index contributed by atoms with van der Waals surface area (Å²) in [5.74, 6) is -1.24. The number of halogens is 2. The summed E-state index contributed by atoms with van der Waals surface area (Å²) in [6, 6.07) is 4.59. The van der Waals surface area contributed by atoms with Gasteiger partial charge in [-0.1, -0.05) is 22.0 Å². The standard InChI is InChI=1S/C13H12BrFO3/c1-8(16)13(4-5-18-12(13)17)7-9-2-3-10(14)6-11(9)15/h2-3,6H,4-5,7H2,1H3. The van der Waals surface area contributed by atoms with Gasteiger partial charge in [-0.05, 0) is 31.0 Å². The molecule has 18 heavy (non-hydrogen) atoms. The molecule has 0 amide bonds. The average molecular weight is 315 g/mol. The third kappa shape index (κ3) is 2.19. The van der Waals surface area contributed by atoms with E-state index >= 15 is 0 Å². The van der Waals surface area contributed by atoms with Gasteiger partial charge in [0.25, 0.3) is 0 Å². The van der Waals surface area contributed by atoms with Crippen molar-refractivity contribution in [2.75, 3.05) is 6.61 Å². The monoisotopic (exact) mass is 314 g/mol. The minimum absolute atomic E-state index is 0.0558. The molecule has 0 bridgehead atoms. The molecule has 96 valence electrons. The van der Waals surface area contributed by atoms with Crippen LogP contribution in [0.25, 0.3) is 0 Å². The Morgan fingerprint density at radius 1 is 1.56 bits per heavy atom. The maximum atomic E-state index is 13.8. The number of hydrogen-bond acceptors (Lipinski definition) is 3. The molecule has 1 unspecified atom stereocenters. The van der Waals surface area contributed by atoms with E-state index in [0.29, 0.717) is 16.5 Å². The van der Waals surface area contributed by atoms with Gasteiger partial charge in [0.2, 0.25) is 0 Å². The van der Waals surface area contributed by atoms with Crippen molar-refractivity contribution in [2.45, 2.75) is 19.8 Å². The van der Waals surface area contributed by atoms with E-state index in [9.17, 15) is 14.0 Å². The first-order valence-corrected chi connectivity index (χ1v) is 6.37. The molecule has 0 aliphatic carbocycles. The van der Waals surface area contributed by atoms with Crippen LogP contribution in [0.4, 0.5) is 4.39 Å². The van der Waals surface area contributed by atoms with Crippen LogP contribution in [0.1, 0.15) is 18.9 Å². The van der Waals surface area contributed by atoms with Gasteiger partial charge in [0, 0.05) is 10.9 Å². The predicted octanol–water partition coefficient (Wildman–Crippen LogP) is 2.65. The van der Waals surface area contributed by atoms with Gasteiger partial charge >= 0.3 is 5.97 Å². The van der Waals surface area contributed by atoms with E-state index in [1.54, 1.807) is 12.1 Å². The largest absolute Gasteiger partial charge is 0.465 e. The fourth-order valence-electron chi connectivity index (χ4n) is 2.15. The zero-order chi connectivity index (χ0) is 13.3. The topological polar surface area (TPSA) is 43.4 Å². The highest BCUT2D eigenvalue weighted by Gasteiger charge is 2.49. The Morgan fingerprint density at radius 3 is 2.78 bits per heavy atom. The van der Waals surface area contributed by atoms with Crippen molar-refractivity contribution in [1.82, 2.24) is 0 Å². The Labute approximate surface area is 112 Å². The summed E-state index contributed by atoms with van der Waals surface area (Å²) >= 11 is 3.16. The number of carbonyl (C=O) groups excluding carboxylic acids is 2. The third-order valence-electron chi connectivity index (χ3n) is 3.33. The van der Waals surface area contributed by atoms with Crippen LogP contribution in [0, 0.1) is 11.2 Å². The van der Waals surface area contributed by atoms with Crippen LogP contribution in [0.5, 0.6) is 0 Å². The molecule has 2 rings (SSSR count). The Hall–Kier alpha value is -1.23. The Balaban J connectivity index is 2.36. The van der Waals surface area contributed by atoms with Gasteiger partial charge in [0.15, 0.2) is 0 Å². The number of rotatable bonds is 3. The van der Waals surface area contributed by atoms with Crippen molar-refractivity contribution in [3.05, 3.63) is 34.1 Å². The Bertz CT molecular complexity index is 515. The predicted molar refractivity (Wildman–Crippen MR) is 66.5 cm³/mol. The molecule has 1 aromatic carbocycles. The van der Waals surface area contributed by atoms with Gasteiger partial charge in [0.1, 0.15) is 17.0 Å². The molecular weight excluding hydrogens is 303 g/mol. The van der Waals surface area contributed by atoms with Crippen LogP contribution in [0.2, 0.25) is 0 Å². The van der Waals surface area contributed by atoms with Gasteiger partial charge in [-0.25, -0.2) is 4.39 Å². The Kier molecular flexibility index (Phi) is 3.52. The van der Waals surface area contributed by atoms with E-state index in [-0.39, 0.29) is 18.8 Å². The van der Waals surface area contributed by atoms with Gasteiger partial charge in [-0.2, -0.15) is 0 Å². The van der Waals surface area contributed by atoms with E-state index in [1.165, 1.54) is 13.0 Å². The molecule has 5 heteroatoms. The van der Waals surface area contributed by atoms with E-state index in [2.05, 4.69) is 15.9 Å². The molecular formula is C13H12BrFO3. The van der Waals surface area contributed by atoms with Crippen molar-refractivity contribution < 1.29 is 18.7 Å². The van der Waals surface area contributed by atoms with E-state index < -0.39 is 17.2 Å². The molecule has 1 fully saturated rings. The summed E-state index contributed by atoms with van der Waals surface area (Å²) in [5.41, 5.74) is -0.860. The van der Waals surface area contributed by atoms with Crippen LogP contribution in [-0.4, -0.2) is 18.4 Å². The number of Topliss-reactive ketones (excluding diaryl/α,β-unsaturated/α-hetero) is 1. The molecule has 1 atom stereocenters. The highest BCUT2D eigenvalue weighted by Crippen LogP contribution is 2.36. The summed E-state index contributed by atoms with van der Waals surface area (Å²) in [4.78, 5) is 23.5. The first-order chi connectivity index (χ1) is 8.45. The maximum absolute atomic E-state index is 13.8. The molecule has 1 aliphatic rings. The lowest BCUT2D eigenvalue weighted by Crippen LogP contribution is -2.36. The molecule has 3 nitrogen and oxygen atoms in total. The molecule has 1 aliphatic heterocycles. The number of ketones is 1. The lowest BCUT2D eigenvalue weighted by atomic mass is 9.77. The van der Waals surface area contributed by atoms with Crippen molar-refractivity contribution >= 4 is 27.7 Å². The minimum atomic E-state index is -1.21. The maximum Gasteiger partial charge on any atom is 0.320 e. The molecule has 0 saturated carbocycles. The molecule has 0 N–H and O–H groups in total. The average Bonchev–Trinajstić information content (AvgIpc) is 2.65. The second-order valence-electron chi connectivity index (χ2n) is 4.44. The van der Waals surface area contributed by atoms with Crippen molar-refractivity contribution in [2.24, 2.45) is 5.41 Å². The van der Waals surface area contributed by atoms with Crippen LogP contribution in [0.3, 0.4) is 0 Å². The van der Waals surface area contributed by atoms with Gasteiger partial charge in [-0.15, -0.1) is 0 Å². The van der Waals surface area contributed by atoms with Crippen molar-refractivity contribution in [3.63, 3.8) is 0 Å². The fourth-order valence-corrected chi connectivity index (χ4v) is 2.49. The molecule has 1 saturated heterocycles. The summed E-state index contributed by atoms with van der Waals surface area (Å²) < 4.78 is 19.3. The third-order valence-corrected chi connectivity index (χ3v) is 3.83. The smallest absolute Gasteiger partial charge is 0.320 e. The molecule has 0 radical (unpaired) electrons. The number of cyclic esters (lactones) is 1. The van der Waals surface area contributed by atoms with E-state index in [4.69, 9.17) is 4.74 Å². The van der Waals surface area contributed by atoms with Crippen molar-refractivity contribution in [1.29, 1.82) is 0 Å². The number of carbonyl (C=O) groups is 2. The summed E-state index contributed by atoms with van der Waals surface area (Å²) in [5, 5.41) is 0. The first-order valence-electron chi connectivity index (χ1n) is 5.58. The molecule has 1 heterocycles. The molecule has 0 spiro atoms. The highest BCUT2D eigenvalue weighted by atomic mass is 79.9. The van der Waals surface area contributed by atoms with E-state index in [0.717, 1.165) is 0 Å². The SMILES string of the molecule is CC(=O)C1(Cc2ccc(Br)cc2F)CCOC1=O. The quantitative estimate of drug-likeness (QED) is 0.636. The van der Waals surface area contributed by atoms with Gasteiger partial charge in [0.05, 0.1) is 6.61 Å². The number of ether oxygens (including phenoxy) is 1. The second-order valence-corrected chi connectivity index (χ2v) is 5.35. The van der Waals surface area contributed by atoms with Crippen LogP contribution in [-0.2, 0) is 20.7 Å². The molecule has 0 aromatic heterocycles. The summed E-state index contributed by atoms with van der Waals surface area (Å²) in [6.07, 6.45) is 0.372. The van der Waals surface area contributed by atoms with Gasteiger partial charge < -0.3 is 4.74 Å². The van der Waals surface area contributed by atoms with Crippen LogP contribution in [0.15, 0.2) is 22.7 Å². The number of esters is 1. The second kappa shape index (κ2) is 4.80. The zero-order valence-electron chi connectivity index (χ0n) is 9.83. The van der Waals surface area contributed by atoms with Crippen molar-refractivity contribution in [3.8, 4) is 0 Å². The van der Waals surface area contributed by atoms with Crippen LogP contribution >= 0.6 is 15.9 Å². The molecule has 1 aromatic rings. The minimum Gasteiger partial charge on any atom is -0.465 e. The first kappa shape index (κ1) is 13.2. The lowest BCUT2D eigenvalue weighted by Gasteiger charge is -2.21. The van der Waals surface area contributed by atoms with Gasteiger partial charge in [-0.3, -0.25) is 9.59 Å². The summed E-state index contributed by atoms with van der Waals surface area (Å²) in [7, 11) is 0. The Morgan fingerprint density at radius 2 is 2.28 bits per heavy atom. The fraction of sp³-hybridized carbons (Fsp3) is 0.385. The lowest BCUT2D eigenvalue weighted by molar-refractivity contribution is -0.150. The van der Waals surface area contributed by atoms with E-state index in [1.807, 2.05) is 0 Å². The van der Waals surface area contributed by atoms with Crippen LogP contribution < -0.4 is 0 Å². The number of hydrogen-bond donors (Lipinski definition) is 0. The summed E-state index contributed by atoms with van der Waals surface area (Å²) in [6.45, 7) is 1.57. The number of benzene rings is 1. The zero-order valence-corrected chi connectivity index (χ0v) is 11.4. The normalized spacial score (nSPS) is 22.9. The highest BCUT2D eigenvalue weighted by molar-refractivity contribution is 9.10.